The minimum Gasteiger partial charge on any atom is -0.429 e. The van der Waals surface area contributed by atoms with Gasteiger partial charge in [0.05, 0.1) is 17.1 Å². The van der Waals surface area contributed by atoms with E-state index in [2.05, 4.69) is 5.32 Å². The first-order valence-electron chi connectivity index (χ1n) is 6.22. The minimum atomic E-state index is -0.427. The Hall–Kier alpha value is -2.67. The summed E-state index contributed by atoms with van der Waals surface area (Å²) < 4.78 is 7.27. The minimum absolute atomic E-state index is 0.0423. The molecule has 2 aromatic carbocycles. The summed E-state index contributed by atoms with van der Waals surface area (Å²) in [5, 5.41) is 13.9. The molecule has 0 spiro atoms. The van der Waals surface area contributed by atoms with Crippen LogP contribution in [0.5, 0.6) is 0 Å². The number of oxazole rings is 1. The molecule has 3 rings (SSSR count). The fourth-order valence-electron chi connectivity index (χ4n) is 2.06. The number of nitrogens with one attached hydrogen (secondary N) is 1. The number of hydrogen-bond acceptors (Lipinski definition) is 5. The van der Waals surface area contributed by atoms with Gasteiger partial charge in [0, 0.05) is 17.8 Å². The lowest BCUT2D eigenvalue weighted by Gasteiger charge is -2.07. The third-order valence-corrected chi connectivity index (χ3v) is 3.38. The quantitative estimate of drug-likeness (QED) is 0.449. The zero-order valence-corrected chi connectivity index (χ0v) is 11.7. The summed E-state index contributed by atoms with van der Waals surface area (Å²) in [7, 11) is 0. The smallest absolute Gasteiger partial charge is 0.271 e. The molecule has 0 amide bonds. The number of fused-ring (bicyclic) bond motifs is 1. The van der Waals surface area contributed by atoms with E-state index in [1.54, 1.807) is 16.7 Å². The predicted octanol–water partition coefficient (Wildman–Crippen LogP) is 3.94. The van der Waals surface area contributed by atoms with E-state index in [4.69, 9.17) is 16.6 Å². The molecule has 0 fully saturated rings. The third kappa shape index (κ3) is 2.63. The van der Waals surface area contributed by atoms with E-state index in [9.17, 15) is 10.1 Å². The van der Waals surface area contributed by atoms with Gasteiger partial charge in [0.2, 0.25) is 0 Å². The molecule has 1 N–H and O–H groups in total. The van der Waals surface area contributed by atoms with Crippen LogP contribution in [-0.4, -0.2) is 9.49 Å². The van der Waals surface area contributed by atoms with Crippen molar-refractivity contribution in [3.05, 3.63) is 63.5 Å². The van der Waals surface area contributed by atoms with Crippen LogP contribution in [0, 0.1) is 15.0 Å². The van der Waals surface area contributed by atoms with Gasteiger partial charge in [-0.25, -0.2) is 0 Å². The predicted molar refractivity (Wildman–Crippen MR) is 81.8 cm³/mol. The van der Waals surface area contributed by atoms with Crippen LogP contribution in [0.25, 0.3) is 11.1 Å². The second-order valence-electron chi connectivity index (χ2n) is 4.41. The molecule has 0 radical (unpaired) electrons. The zero-order chi connectivity index (χ0) is 14.8. The third-order valence-electron chi connectivity index (χ3n) is 3.07. The highest BCUT2D eigenvalue weighted by Crippen LogP contribution is 2.19. The van der Waals surface area contributed by atoms with Gasteiger partial charge in [0.1, 0.15) is 0 Å². The first-order chi connectivity index (χ1) is 10.1. The van der Waals surface area contributed by atoms with Crippen LogP contribution in [0.4, 0.5) is 11.4 Å². The lowest BCUT2D eigenvalue weighted by Crippen LogP contribution is -2.07. The van der Waals surface area contributed by atoms with Crippen LogP contribution >= 0.6 is 12.2 Å². The van der Waals surface area contributed by atoms with E-state index < -0.39 is 4.92 Å². The second-order valence-corrected chi connectivity index (χ2v) is 4.76. The van der Waals surface area contributed by atoms with Crippen LogP contribution in [0.2, 0.25) is 0 Å². The fraction of sp³-hybridized carbons (Fsp3) is 0.0714. The fourth-order valence-corrected chi connectivity index (χ4v) is 2.32. The maximum Gasteiger partial charge on any atom is 0.271 e. The largest absolute Gasteiger partial charge is 0.429 e. The highest BCUT2D eigenvalue weighted by molar-refractivity contribution is 7.71. The molecule has 0 aliphatic rings. The van der Waals surface area contributed by atoms with Crippen molar-refractivity contribution in [1.82, 2.24) is 4.57 Å². The average Bonchev–Trinajstić information content (AvgIpc) is 2.81. The molecule has 0 atom stereocenters. The second kappa shape index (κ2) is 5.37. The number of nitro groups is 1. The molecule has 1 heterocycles. The van der Waals surface area contributed by atoms with Crippen LogP contribution in [0.1, 0.15) is 0 Å². The summed E-state index contributed by atoms with van der Waals surface area (Å²) in [6, 6.07) is 13.8. The lowest BCUT2D eigenvalue weighted by atomic mass is 10.3. The Morgan fingerprint density at radius 3 is 2.86 bits per heavy atom. The highest BCUT2D eigenvalue weighted by atomic mass is 32.1. The Labute approximate surface area is 124 Å². The van der Waals surface area contributed by atoms with Gasteiger partial charge >= 0.3 is 0 Å². The van der Waals surface area contributed by atoms with Crippen molar-refractivity contribution < 1.29 is 9.34 Å². The first-order valence-corrected chi connectivity index (χ1v) is 6.63. The number of nitrogens with zero attached hydrogens (tertiary/aromatic N) is 2. The maximum absolute atomic E-state index is 10.8. The van der Waals surface area contributed by atoms with Crippen LogP contribution < -0.4 is 5.32 Å². The van der Waals surface area contributed by atoms with E-state index >= 15 is 0 Å². The number of anilines is 1. The number of nitro benzene ring substituents is 1. The Kier molecular flexibility index (Phi) is 3.41. The number of rotatable bonds is 4. The summed E-state index contributed by atoms with van der Waals surface area (Å²) in [5.41, 5.74) is 2.28. The average molecular weight is 301 g/mol. The molecule has 0 saturated carbocycles. The normalized spacial score (nSPS) is 10.7. The number of hydrogen-bond donors (Lipinski definition) is 1. The lowest BCUT2D eigenvalue weighted by molar-refractivity contribution is -0.384. The highest BCUT2D eigenvalue weighted by Gasteiger charge is 2.07. The number of benzene rings is 2. The molecule has 1 aromatic heterocycles. The van der Waals surface area contributed by atoms with Gasteiger partial charge in [0.25, 0.3) is 10.5 Å². The van der Waals surface area contributed by atoms with Gasteiger partial charge in [-0.15, -0.1) is 0 Å². The van der Waals surface area contributed by atoms with Gasteiger partial charge in [-0.05, 0) is 30.4 Å². The van der Waals surface area contributed by atoms with Crippen LogP contribution in [0.3, 0.4) is 0 Å². The first kappa shape index (κ1) is 13.3. The van der Waals surface area contributed by atoms with Gasteiger partial charge in [0.15, 0.2) is 5.58 Å². The van der Waals surface area contributed by atoms with Crippen LogP contribution in [-0.2, 0) is 6.67 Å². The SMILES string of the molecule is O=[N+]([O-])c1cccc(NCn2c(=S)oc3ccccc32)c1. The topological polar surface area (TPSA) is 73.2 Å². The molecule has 0 bridgehead atoms. The molecule has 0 aliphatic heterocycles. The zero-order valence-electron chi connectivity index (χ0n) is 10.9. The van der Waals surface area contributed by atoms with E-state index in [1.807, 2.05) is 24.3 Å². The van der Waals surface area contributed by atoms with E-state index in [0.717, 1.165) is 5.52 Å². The molecular formula is C14H11N3O3S. The number of aromatic nitrogens is 1. The van der Waals surface area contributed by atoms with Crippen molar-refractivity contribution in [3.8, 4) is 0 Å². The molecule has 106 valence electrons. The molecule has 3 aromatic rings. The van der Waals surface area contributed by atoms with Crippen molar-refractivity contribution >= 4 is 34.7 Å². The van der Waals surface area contributed by atoms with E-state index in [1.165, 1.54) is 12.1 Å². The summed E-state index contributed by atoms with van der Waals surface area (Å²) in [6.07, 6.45) is 0. The molecule has 21 heavy (non-hydrogen) atoms. The van der Waals surface area contributed by atoms with Crippen molar-refractivity contribution in [2.45, 2.75) is 6.67 Å². The Bertz CT molecular complexity index is 869. The van der Waals surface area contributed by atoms with Crippen molar-refractivity contribution in [2.24, 2.45) is 0 Å². The van der Waals surface area contributed by atoms with Gasteiger partial charge in [-0.3, -0.25) is 14.7 Å². The summed E-state index contributed by atoms with van der Waals surface area (Å²) in [6.45, 7) is 0.372. The van der Waals surface area contributed by atoms with Gasteiger partial charge in [-0.1, -0.05) is 18.2 Å². The van der Waals surface area contributed by atoms with Gasteiger partial charge < -0.3 is 9.73 Å². The molecule has 0 saturated heterocycles. The maximum atomic E-state index is 10.8. The Morgan fingerprint density at radius 2 is 2.05 bits per heavy atom. The van der Waals surface area contributed by atoms with E-state index in [-0.39, 0.29) is 5.69 Å². The van der Waals surface area contributed by atoms with Crippen molar-refractivity contribution in [2.75, 3.05) is 5.32 Å². The van der Waals surface area contributed by atoms with E-state index in [0.29, 0.717) is 22.8 Å². The van der Waals surface area contributed by atoms with Gasteiger partial charge in [-0.2, -0.15) is 0 Å². The standard InChI is InChI=1S/C14H11N3O3S/c18-17(19)11-5-3-4-10(8-11)15-9-16-12-6-1-2-7-13(12)20-14(16)21/h1-8,15H,9H2. The van der Waals surface area contributed by atoms with Crippen molar-refractivity contribution in [3.63, 3.8) is 0 Å². The number of para-hydroxylation sites is 2. The molecular weight excluding hydrogens is 290 g/mol. The van der Waals surface area contributed by atoms with Crippen molar-refractivity contribution in [1.29, 1.82) is 0 Å². The summed E-state index contributed by atoms with van der Waals surface area (Å²) >= 11 is 5.18. The summed E-state index contributed by atoms with van der Waals surface area (Å²) in [5.74, 6) is 0. The monoisotopic (exact) mass is 301 g/mol. The molecule has 0 aliphatic carbocycles. The molecule has 7 heteroatoms. The summed E-state index contributed by atoms with van der Waals surface area (Å²) in [4.78, 5) is 10.7. The Morgan fingerprint density at radius 1 is 1.24 bits per heavy atom. The van der Waals surface area contributed by atoms with Crippen LogP contribution in [0.15, 0.2) is 52.9 Å². The molecule has 6 nitrogen and oxygen atoms in total. The Balaban J connectivity index is 1.87. The molecule has 0 unspecified atom stereocenters. The number of non-ortho nitro benzene ring substituents is 1.